The highest BCUT2D eigenvalue weighted by atomic mass is 16.1. The van der Waals surface area contributed by atoms with Gasteiger partial charge < -0.3 is 20.9 Å². The lowest BCUT2D eigenvalue weighted by Crippen LogP contribution is -2.45. The van der Waals surface area contributed by atoms with Crippen LogP contribution in [0.5, 0.6) is 0 Å². The summed E-state index contributed by atoms with van der Waals surface area (Å²) in [5.41, 5.74) is 8.03. The van der Waals surface area contributed by atoms with Crippen molar-refractivity contribution in [1.82, 2.24) is 15.1 Å². The molecule has 21 heavy (non-hydrogen) atoms. The molecule has 0 atom stereocenters. The van der Waals surface area contributed by atoms with Gasteiger partial charge in [0.05, 0.1) is 0 Å². The summed E-state index contributed by atoms with van der Waals surface area (Å²) in [6.45, 7) is 8.15. The molecule has 1 saturated heterocycles. The number of rotatable bonds is 5. The van der Waals surface area contributed by atoms with Gasteiger partial charge in [0.2, 0.25) is 0 Å². The Kier molecular flexibility index (Phi) is 5.59. The molecule has 0 bridgehead atoms. The first-order valence-electron chi connectivity index (χ1n) is 7.62. The third-order valence-electron chi connectivity index (χ3n) is 4.15. The summed E-state index contributed by atoms with van der Waals surface area (Å²) in [6.07, 6.45) is 0.983. The predicted octanol–water partition coefficient (Wildman–Crippen LogP) is 0.945. The van der Waals surface area contributed by atoms with E-state index in [1.165, 1.54) is 0 Å². The normalized spacial score (nSPS) is 16.9. The molecular weight excluding hydrogens is 264 g/mol. The maximum Gasteiger partial charge on any atom is 0.251 e. The van der Waals surface area contributed by atoms with Gasteiger partial charge in [-0.3, -0.25) is 4.79 Å². The van der Waals surface area contributed by atoms with Crippen LogP contribution in [0.4, 0.5) is 5.69 Å². The minimum atomic E-state index is -0.0295. The van der Waals surface area contributed by atoms with Crippen LogP contribution in [-0.4, -0.2) is 62.0 Å². The first-order chi connectivity index (χ1) is 10.1. The second kappa shape index (κ2) is 7.43. The van der Waals surface area contributed by atoms with Gasteiger partial charge in [0.15, 0.2) is 0 Å². The van der Waals surface area contributed by atoms with E-state index in [0.29, 0.717) is 17.8 Å². The number of carbonyl (C=O) groups is 1. The van der Waals surface area contributed by atoms with E-state index in [1.54, 1.807) is 0 Å². The smallest absolute Gasteiger partial charge is 0.251 e. The molecule has 0 spiro atoms. The van der Waals surface area contributed by atoms with Crippen LogP contribution in [0.2, 0.25) is 0 Å². The Morgan fingerprint density at radius 2 is 2.00 bits per heavy atom. The monoisotopic (exact) mass is 290 g/mol. The fraction of sp³-hybridized carbons (Fsp3) is 0.562. The van der Waals surface area contributed by atoms with Crippen LogP contribution < -0.4 is 11.1 Å². The molecule has 0 saturated carbocycles. The highest BCUT2D eigenvalue weighted by molar-refractivity contribution is 5.96. The lowest BCUT2D eigenvalue weighted by Gasteiger charge is -2.32. The van der Waals surface area contributed by atoms with E-state index in [0.717, 1.165) is 44.7 Å². The number of likely N-dealkylation sites (N-methyl/N-ethyl adjacent to an activating group) is 1. The van der Waals surface area contributed by atoms with Gasteiger partial charge in [-0.05, 0) is 44.6 Å². The molecule has 0 aliphatic carbocycles. The summed E-state index contributed by atoms with van der Waals surface area (Å²) in [5.74, 6) is -0.0295. The number of nitrogen functional groups attached to an aromatic ring is 1. The quantitative estimate of drug-likeness (QED) is 0.626. The number of nitrogens with zero attached hydrogens (tertiary/aromatic N) is 2. The Labute approximate surface area is 127 Å². The summed E-state index contributed by atoms with van der Waals surface area (Å²) in [6, 6.07) is 5.46. The van der Waals surface area contributed by atoms with Crippen LogP contribution in [0.15, 0.2) is 18.2 Å². The van der Waals surface area contributed by atoms with Crippen LogP contribution in [0.3, 0.4) is 0 Å². The number of amides is 1. The van der Waals surface area contributed by atoms with Crippen LogP contribution >= 0.6 is 0 Å². The molecule has 1 aliphatic heterocycles. The molecule has 1 aliphatic rings. The average molecular weight is 290 g/mol. The predicted molar refractivity (Wildman–Crippen MR) is 86.5 cm³/mol. The Bertz CT molecular complexity index is 481. The van der Waals surface area contributed by atoms with Crippen LogP contribution in [0.25, 0.3) is 0 Å². The third kappa shape index (κ3) is 4.44. The lowest BCUT2D eigenvalue weighted by atomic mass is 10.1. The lowest BCUT2D eigenvalue weighted by molar-refractivity contribution is 0.0949. The molecule has 2 rings (SSSR count). The van der Waals surface area contributed by atoms with Gasteiger partial charge in [-0.2, -0.15) is 0 Å². The Hall–Kier alpha value is -1.59. The van der Waals surface area contributed by atoms with Gasteiger partial charge in [-0.1, -0.05) is 6.07 Å². The first-order valence-corrected chi connectivity index (χ1v) is 7.62. The molecule has 0 unspecified atom stereocenters. The summed E-state index contributed by atoms with van der Waals surface area (Å²) < 4.78 is 0. The Morgan fingerprint density at radius 1 is 1.29 bits per heavy atom. The van der Waals surface area contributed by atoms with Crippen molar-refractivity contribution in [3.63, 3.8) is 0 Å². The van der Waals surface area contributed by atoms with Gasteiger partial charge in [-0.15, -0.1) is 0 Å². The van der Waals surface area contributed by atoms with Crippen molar-refractivity contribution < 1.29 is 4.79 Å². The van der Waals surface area contributed by atoms with Gasteiger partial charge in [-0.25, -0.2) is 0 Å². The van der Waals surface area contributed by atoms with Gasteiger partial charge in [0, 0.05) is 44.0 Å². The number of nitrogens with one attached hydrogen (secondary N) is 1. The van der Waals surface area contributed by atoms with E-state index in [9.17, 15) is 4.79 Å². The summed E-state index contributed by atoms with van der Waals surface area (Å²) in [4.78, 5) is 16.9. The molecule has 0 radical (unpaired) electrons. The summed E-state index contributed by atoms with van der Waals surface area (Å²) >= 11 is 0. The second-order valence-electron chi connectivity index (χ2n) is 5.77. The number of carbonyl (C=O) groups excluding carboxylic acids is 1. The SMILES string of the molecule is Cc1c(N)cccc1C(=O)NCCCN1CCN(C)CC1. The van der Waals surface area contributed by atoms with Crippen molar-refractivity contribution in [2.24, 2.45) is 0 Å². The molecule has 1 aromatic rings. The van der Waals surface area contributed by atoms with Crippen molar-refractivity contribution in [2.45, 2.75) is 13.3 Å². The van der Waals surface area contributed by atoms with Crippen molar-refractivity contribution in [2.75, 3.05) is 52.0 Å². The van der Waals surface area contributed by atoms with E-state index in [4.69, 9.17) is 5.73 Å². The fourth-order valence-corrected chi connectivity index (χ4v) is 2.57. The van der Waals surface area contributed by atoms with Crippen LogP contribution in [0, 0.1) is 6.92 Å². The molecule has 1 aromatic carbocycles. The molecule has 0 aromatic heterocycles. The maximum absolute atomic E-state index is 12.1. The van der Waals surface area contributed by atoms with Gasteiger partial charge >= 0.3 is 0 Å². The van der Waals surface area contributed by atoms with Crippen LogP contribution in [0.1, 0.15) is 22.3 Å². The standard InChI is InChI=1S/C16H26N4O/c1-13-14(5-3-6-15(13)17)16(21)18-7-4-8-20-11-9-19(2)10-12-20/h3,5-6H,4,7-12,17H2,1-2H3,(H,18,21). The molecular formula is C16H26N4O. The van der Waals surface area contributed by atoms with E-state index in [1.807, 2.05) is 25.1 Å². The zero-order valence-corrected chi connectivity index (χ0v) is 13.1. The first kappa shape index (κ1) is 15.8. The van der Waals surface area contributed by atoms with Gasteiger partial charge in [0.1, 0.15) is 0 Å². The molecule has 1 amide bonds. The highest BCUT2D eigenvalue weighted by Crippen LogP contribution is 2.15. The van der Waals surface area contributed by atoms with E-state index >= 15 is 0 Å². The third-order valence-corrected chi connectivity index (χ3v) is 4.15. The van der Waals surface area contributed by atoms with Crippen molar-refractivity contribution in [3.05, 3.63) is 29.3 Å². The minimum Gasteiger partial charge on any atom is -0.398 e. The second-order valence-corrected chi connectivity index (χ2v) is 5.77. The van der Waals surface area contributed by atoms with E-state index in [2.05, 4.69) is 22.2 Å². The molecule has 5 nitrogen and oxygen atoms in total. The van der Waals surface area contributed by atoms with E-state index < -0.39 is 0 Å². The molecule has 1 fully saturated rings. The Balaban J connectivity index is 1.71. The fourth-order valence-electron chi connectivity index (χ4n) is 2.57. The van der Waals surface area contributed by atoms with Crippen LogP contribution in [-0.2, 0) is 0 Å². The highest BCUT2D eigenvalue weighted by Gasteiger charge is 2.13. The van der Waals surface area contributed by atoms with Crippen molar-refractivity contribution >= 4 is 11.6 Å². The minimum absolute atomic E-state index is 0.0295. The average Bonchev–Trinajstić information content (AvgIpc) is 2.48. The molecule has 5 heteroatoms. The Morgan fingerprint density at radius 3 is 2.71 bits per heavy atom. The molecule has 116 valence electrons. The zero-order valence-electron chi connectivity index (χ0n) is 13.1. The maximum atomic E-state index is 12.1. The number of hydrogen-bond acceptors (Lipinski definition) is 4. The number of hydrogen-bond donors (Lipinski definition) is 2. The largest absolute Gasteiger partial charge is 0.398 e. The van der Waals surface area contributed by atoms with Crippen molar-refractivity contribution in [1.29, 1.82) is 0 Å². The zero-order chi connectivity index (χ0) is 15.2. The summed E-state index contributed by atoms with van der Waals surface area (Å²) in [7, 11) is 2.16. The van der Waals surface area contributed by atoms with Crippen molar-refractivity contribution in [3.8, 4) is 0 Å². The molecule has 3 N–H and O–H groups in total. The topological polar surface area (TPSA) is 61.6 Å². The van der Waals surface area contributed by atoms with E-state index in [-0.39, 0.29) is 5.91 Å². The van der Waals surface area contributed by atoms with Gasteiger partial charge in [0.25, 0.3) is 5.91 Å². The summed E-state index contributed by atoms with van der Waals surface area (Å²) in [5, 5.41) is 2.98. The number of benzene rings is 1. The molecule has 1 heterocycles. The number of anilines is 1. The number of nitrogens with two attached hydrogens (primary N) is 1. The number of piperazine rings is 1.